The van der Waals surface area contributed by atoms with Crippen LogP contribution in [0.25, 0.3) is 0 Å². The zero-order valence-electron chi connectivity index (χ0n) is 15.2. The number of hydrogen-bond acceptors (Lipinski definition) is 4. The van der Waals surface area contributed by atoms with E-state index >= 15 is 0 Å². The number of likely N-dealkylation sites (tertiary alicyclic amines) is 1. The lowest BCUT2D eigenvalue weighted by Crippen LogP contribution is -2.51. The number of nitrogens with zero attached hydrogens (tertiary/aromatic N) is 1. The molecule has 1 saturated carbocycles. The summed E-state index contributed by atoms with van der Waals surface area (Å²) in [7, 11) is 2.18. The maximum absolute atomic E-state index is 12.3. The molecule has 0 aromatic rings. The third kappa shape index (κ3) is 5.43. The first-order valence-electron chi connectivity index (χ1n) is 9.88. The molecule has 2 aliphatic heterocycles. The largest absolute Gasteiger partial charge is 0.379 e. The van der Waals surface area contributed by atoms with Gasteiger partial charge in [0, 0.05) is 19.6 Å². The van der Waals surface area contributed by atoms with Gasteiger partial charge in [0.1, 0.15) is 0 Å². The van der Waals surface area contributed by atoms with Crippen molar-refractivity contribution in [2.45, 2.75) is 63.5 Å². The van der Waals surface area contributed by atoms with E-state index in [1.165, 1.54) is 45.2 Å². The summed E-state index contributed by atoms with van der Waals surface area (Å²) in [6.45, 7) is 4.53. The van der Waals surface area contributed by atoms with E-state index in [-0.39, 0.29) is 18.1 Å². The van der Waals surface area contributed by atoms with Crippen LogP contribution in [0.2, 0.25) is 0 Å². The zero-order chi connectivity index (χ0) is 16.8. The summed E-state index contributed by atoms with van der Waals surface area (Å²) >= 11 is 0. The fourth-order valence-electron chi connectivity index (χ4n) is 3.94. The Hall–Kier alpha value is -0.650. The quantitative estimate of drug-likeness (QED) is 0.773. The van der Waals surface area contributed by atoms with Crippen LogP contribution in [0.1, 0.15) is 51.4 Å². The SMILES string of the molecule is CN1CCC(CCC(=O)N[C@@H]2COCC[C@@H]2OCC2CCC2)CC1. The molecule has 138 valence electrons. The van der Waals surface area contributed by atoms with E-state index in [1.807, 2.05) is 0 Å². The second kappa shape index (κ2) is 9.16. The zero-order valence-corrected chi connectivity index (χ0v) is 15.2. The van der Waals surface area contributed by atoms with Gasteiger partial charge in [0.15, 0.2) is 0 Å². The highest BCUT2D eigenvalue weighted by Crippen LogP contribution is 2.27. The lowest BCUT2D eigenvalue weighted by Gasteiger charge is -2.35. The monoisotopic (exact) mass is 338 g/mol. The van der Waals surface area contributed by atoms with Crippen molar-refractivity contribution in [3.8, 4) is 0 Å². The van der Waals surface area contributed by atoms with Gasteiger partial charge in [0.05, 0.1) is 18.8 Å². The molecular formula is C19H34N2O3. The minimum Gasteiger partial charge on any atom is -0.379 e. The second-order valence-corrected chi connectivity index (χ2v) is 7.99. The summed E-state index contributed by atoms with van der Waals surface area (Å²) < 4.78 is 11.7. The van der Waals surface area contributed by atoms with Crippen molar-refractivity contribution >= 4 is 5.91 Å². The van der Waals surface area contributed by atoms with Crippen LogP contribution in [0.4, 0.5) is 0 Å². The van der Waals surface area contributed by atoms with Crippen molar-refractivity contribution in [2.24, 2.45) is 11.8 Å². The average Bonchev–Trinajstić information content (AvgIpc) is 2.54. The van der Waals surface area contributed by atoms with Crippen molar-refractivity contribution < 1.29 is 14.3 Å². The highest BCUT2D eigenvalue weighted by molar-refractivity contribution is 5.76. The van der Waals surface area contributed by atoms with Gasteiger partial charge in [-0.3, -0.25) is 4.79 Å². The Bertz CT molecular complexity index is 392. The van der Waals surface area contributed by atoms with Crippen molar-refractivity contribution in [3.05, 3.63) is 0 Å². The Morgan fingerprint density at radius 1 is 1.17 bits per heavy atom. The molecule has 2 heterocycles. The molecule has 0 spiro atoms. The van der Waals surface area contributed by atoms with Gasteiger partial charge in [-0.25, -0.2) is 0 Å². The molecule has 0 aromatic carbocycles. The van der Waals surface area contributed by atoms with E-state index < -0.39 is 0 Å². The van der Waals surface area contributed by atoms with E-state index in [2.05, 4.69) is 17.3 Å². The molecule has 0 radical (unpaired) electrons. The smallest absolute Gasteiger partial charge is 0.220 e. The first kappa shape index (κ1) is 18.2. The first-order valence-corrected chi connectivity index (χ1v) is 9.88. The van der Waals surface area contributed by atoms with Crippen molar-refractivity contribution in [1.82, 2.24) is 10.2 Å². The van der Waals surface area contributed by atoms with Crippen LogP contribution < -0.4 is 5.32 Å². The molecule has 0 unspecified atom stereocenters. The third-order valence-corrected chi connectivity index (χ3v) is 6.03. The molecule has 5 heteroatoms. The van der Waals surface area contributed by atoms with Gasteiger partial charge in [0.25, 0.3) is 0 Å². The van der Waals surface area contributed by atoms with E-state index in [9.17, 15) is 4.79 Å². The van der Waals surface area contributed by atoms with Crippen LogP contribution in [0.15, 0.2) is 0 Å². The minimum absolute atomic E-state index is 0.0313. The van der Waals surface area contributed by atoms with Crippen LogP contribution in [0, 0.1) is 11.8 Å². The maximum Gasteiger partial charge on any atom is 0.220 e. The Morgan fingerprint density at radius 3 is 2.67 bits per heavy atom. The maximum atomic E-state index is 12.3. The van der Waals surface area contributed by atoms with E-state index in [0.717, 1.165) is 32.0 Å². The predicted molar refractivity (Wildman–Crippen MR) is 93.9 cm³/mol. The Morgan fingerprint density at radius 2 is 1.96 bits per heavy atom. The number of rotatable bonds is 7. The van der Waals surface area contributed by atoms with Gasteiger partial charge in [-0.1, -0.05) is 6.42 Å². The number of amides is 1. The Balaban J connectivity index is 1.36. The van der Waals surface area contributed by atoms with Gasteiger partial charge in [0.2, 0.25) is 5.91 Å². The molecule has 0 bridgehead atoms. The van der Waals surface area contributed by atoms with Crippen LogP contribution in [0.3, 0.4) is 0 Å². The number of carbonyl (C=O) groups is 1. The van der Waals surface area contributed by atoms with Gasteiger partial charge >= 0.3 is 0 Å². The molecule has 1 aliphatic carbocycles. The number of carbonyl (C=O) groups excluding carboxylic acids is 1. The molecule has 0 aromatic heterocycles. The number of piperidine rings is 1. The van der Waals surface area contributed by atoms with Crippen LogP contribution in [-0.4, -0.2) is 62.9 Å². The fraction of sp³-hybridized carbons (Fsp3) is 0.947. The molecule has 5 nitrogen and oxygen atoms in total. The predicted octanol–water partition coefficient (Wildman–Crippen LogP) is 2.20. The summed E-state index contributed by atoms with van der Waals surface area (Å²) in [6, 6.07) is 0.0313. The number of ether oxygens (including phenoxy) is 2. The van der Waals surface area contributed by atoms with E-state index in [0.29, 0.717) is 18.9 Å². The van der Waals surface area contributed by atoms with Crippen LogP contribution >= 0.6 is 0 Å². The first-order chi connectivity index (χ1) is 11.7. The Labute approximate surface area is 146 Å². The molecule has 3 rings (SSSR count). The van der Waals surface area contributed by atoms with Gasteiger partial charge < -0.3 is 19.7 Å². The molecule has 1 N–H and O–H groups in total. The standard InChI is InChI=1S/C19H34N2O3/c1-21-10-7-15(8-11-21)5-6-19(22)20-17-14-23-12-9-18(17)24-13-16-3-2-4-16/h15-18H,2-14H2,1H3,(H,20,22)/t17-,18+/m1/s1. The van der Waals surface area contributed by atoms with Gasteiger partial charge in [-0.2, -0.15) is 0 Å². The molecule has 3 fully saturated rings. The summed E-state index contributed by atoms with van der Waals surface area (Å²) in [5.41, 5.74) is 0. The minimum atomic E-state index is 0.0313. The molecule has 24 heavy (non-hydrogen) atoms. The van der Waals surface area contributed by atoms with Crippen molar-refractivity contribution in [1.29, 1.82) is 0 Å². The van der Waals surface area contributed by atoms with Gasteiger partial charge in [-0.15, -0.1) is 0 Å². The highest BCUT2D eigenvalue weighted by atomic mass is 16.5. The van der Waals surface area contributed by atoms with E-state index in [4.69, 9.17) is 9.47 Å². The Kier molecular flexibility index (Phi) is 6.93. The molecule has 3 aliphatic rings. The van der Waals surface area contributed by atoms with Crippen LogP contribution in [0.5, 0.6) is 0 Å². The number of hydrogen-bond donors (Lipinski definition) is 1. The van der Waals surface area contributed by atoms with Crippen LogP contribution in [-0.2, 0) is 14.3 Å². The summed E-state index contributed by atoms with van der Waals surface area (Å²) in [5.74, 6) is 1.62. The lowest BCUT2D eigenvalue weighted by atomic mass is 9.86. The van der Waals surface area contributed by atoms with Gasteiger partial charge in [-0.05, 0) is 70.5 Å². The summed E-state index contributed by atoms with van der Waals surface area (Å²) in [4.78, 5) is 14.7. The third-order valence-electron chi connectivity index (χ3n) is 6.03. The fourth-order valence-corrected chi connectivity index (χ4v) is 3.94. The highest BCUT2D eigenvalue weighted by Gasteiger charge is 2.29. The topological polar surface area (TPSA) is 50.8 Å². The second-order valence-electron chi connectivity index (χ2n) is 7.99. The molecule has 2 atom stereocenters. The molecule has 1 amide bonds. The summed E-state index contributed by atoms with van der Waals surface area (Å²) in [5, 5.41) is 3.18. The van der Waals surface area contributed by atoms with Crippen molar-refractivity contribution in [3.63, 3.8) is 0 Å². The summed E-state index contributed by atoms with van der Waals surface area (Å²) in [6.07, 6.45) is 9.08. The molecule has 2 saturated heterocycles. The van der Waals surface area contributed by atoms with Crippen molar-refractivity contribution in [2.75, 3.05) is 40.0 Å². The average molecular weight is 338 g/mol. The molecular weight excluding hydrogens is 304 g/mol. The number of nitrogens with one attached hydrogen (secondary N) is 1. The normalized spacial score (nSPS) is 30.0. The van der Waals surface area contributed by atoms with E-state index in [1.54, 1.807) is 0 Å². The lowest BCUT2D eigenvalue weighted by molar-refractivity contribution is -0.127.